The maximum Gasteiger partial charge on any atom is 0.408 e. The average Bonchev–Trinajstić information content (AvgIpc) is 3.63. The van der Waals surface area contributed by atoms with Crippen LogP contribution in [0.1, 0.15) is 61.9 Å². The summed E-state index contributed by atoms with van der Waals surface area (Å²) in [5.41, 5.74) is 3.12. The van der Waals surface area contributed by atoms with Gasteiger partial charge in [0.05, 0.1) is 17.3 Å². The Bertz CT molecular complexity index is 1150. The largest absolute Gasteiger partial charge is 0.444 e. The molecule has 2 aromatic carbocycles. The number of para-hydroxylation sites is 1. The minimum absolute atomic E-state index is 0.216. The quantitative estimate of drug-likeness (QED) is 0.454. The van der Waals surface area contributed by atoms with Crippen molar-refractivity contribution in [2.75, 3.05) is 11.9 Å². The zero-order valence-corrected chi connectivity index (χ0v) is 23.0. The summed E-state index contributed by atoms with van der Waals surface area (Å²) in [5, 5.41) is 15.8. The van der Waals surface area contributed by atoms with Gasteiger partial charge in [-0.3, -0.25) is 9.59 Å². The highest BCUT2D eigenvalue weighted by molar-refractivity contribution is 6.34. The van der Waals surface area contributed by atoms with E-state index in [0.717, 1.165) is 16.7 Å². The molecule has 1 fully saturated rings. The number of rotatable bonds is 8. The van der Waals surface area contributed by atoms with Gasteiger partial charge in [0.2, 0.25) is 5.91 Å². The van der Waals surface area contributed by atoms with Crippen molar-refractivity contribution in [1.29, 1.82) is 0 Å². The minimum atomic E-state index is -1.28. The first-order valence-corrected chi connectivity index (χ1v) is 12.8. The van der Waals surface area contributed by atoms with Gasteiger partial charge in [-0.05, 0) is 82.7 Å². The summed E-state index contributed by atoms with van der Waals surface area (Å²) < 4.78 is 5.28. The van der Waals surface area contributed by atoms with Crippen LogP contribution < -0.4 is 10.6 Å². The third-order valence-electron chi connectivity index (χ3n) is 6.21. The fraction of sp³-hybridized carbons (Fsp3) is 0.464. The Morgan fingerprint density at radius 3 is 2.30 bits per heavy atom. The second-order valence-electron chi connectivity index (χ2n) is 10.5. The van der Waals surface area contributed by atoms with Crippen LogP contribution in [0, 0.1) is 20.8 Å². The van der Waals surface area contributed by atoms with Gasteiger partial charge >= 0.3 is 6.09 Å². The van der Waals surface area contributed by atoms with Crippen molar-refractivity contribution < 1.29 is 24.2 Å². The number of carbonyl (C=O) groups is 3. The first kappa shape index (κ1) is 28.5. The van der Waals surface area contributed by atoms with Crippen LogP contribution in [0.4, 0.5) is 10.5 Å². The van der Waals surface area contributed by atoms with Gasteiger partial charge in [0.25, 0.3) is 5.91 Å². The molecule has 9 heteroatoms. The molecule has 3 rings (SSSR count). The van der Waals surface area contributed by atoms with E-state index >= 15 is 0 Å². The molecule has 2 aromatic rings. The standard InChI is InChI=1S/C28H36ClN3O5/c1-16-10-11-19(14-18(16)3)24(25(34)31-23-17(2)8-7-9-21(23)29)32(20-12-13-20)26(35)22(15-33)30-27(36)37-28(4,5)6/h7-11,14,20,22,24,33H,12-13,15H2,1-6H3,(H,30,36)(H,31,34). The van der Waals surface area contributed by atoms with Gasteiger partial charge in [-0.25, -0.2) is 4.79 Å². The SMILES string of the molecule is Cc1ccc(C(C(=O)Nc2c(C)cccc2Cl)N(C(=O)C(CO)NC(=O)OC(C)(C)C)C2CC2)cc1C. The molecule has 1 aliphatic rings. The highest BCUT2D eigenvalue weighted by atomic mass is 35.5. The predicted octanol–water partition coefficient (Wildman–Crippen LogP) is 4.82. The number of benzene rings is 2. The number of alkyl carbamates (subject to hydrolysis) is 1. The van der Waals surface area contributed by atoms with Gasteiger partial charge in [-0.15, -0.1) is 0 Å². The monoisotopic (exact) mass is 529 g/mol. The molecule has 1 saturated carbocycles. The van der Waals surface area contributed by atoms with Crippen molar-refractivity contribution in [3.8, 4) is 0 Å². The fourth-order valence-electron chi connectivity index (χ4n) is 4.04. The number of hydrogen-bond acceptors (Lipinski definition) is 5. The molecule has 0 radical (unpaired) electrons. The molecule has 0 saturated heterocycles. The number of aliphatic hydroxyl groups excluding tert-OH is 1. The molecule has 8 nitrogen and oxygen atoms in total. The summed E-state index contributed by atoms with van der Waals surface area (Å²) in [6.07, 6.45) is 0.584. The van der Waals surface area contributed by atoms with Crippen molar-refractivity contribution >= 4 is 35.2 Å². The lowest BCUT2D eigenvalue weighted by molar-refractivity contribution is -0.142. The molecule has 3 amide bonds. The fourth-order valence-corrected chi connectivity index (χ4v) is 4.31. The first-order valence-electron chi connectivity index (χ1n) is 12.4. The van der Waals surface area contributed by atoms with Crippen LogP contribution in [0.15, 0.2) is 36.4 Å². The van der Waals surface area contributed by atoms with Crippen LogP contribution in [0.3, 0.4) is 0 Å². The highest BCUT2D eigenvalue weighted by Crippen LogP contribution is 2.37. The van der Waals surface area contributed by atoms with Crippen LogP contribution in [-0.2, 0) is 14.3 Å². The molecule has 37 heavy (non-hydrogen) atoms. The van der Waals surface area contributed by atoms with E-state index in [1.54, 1.807) is 32.9 Å². The van der Waals surface area contributed by atoms with E-state index in [1.807, 2.05) is 45.0 Å². The normalized spacial score (nSPS) is 14.9. The third-order valence-corrected chi connectivity index (χ3v) is 6.52. The van der Waals surface area contributed by atoms with Crippen molar-refractivity contribution in [3.05, 3.63) is 63.7 Å². The van der Waals surface area contributed by atoms with Gasteiger partial charge in [0, 0.05) is 6.04 Å². The van der Waals surface area contributed by atoms with Gasteiger partial charge in [-0.2, -0.15) is 0 Å². The predicted molar refractivity (Wildman–Crippen MR) is 144 cm³/mol. The average molecular weight is 530 g/mol. The minimum Gasteiger partial charge on any atom is -0.444 e. The van der Waals surface area contributed by atoms with Crippen LogP contribution in [0.2, 0.25) is 5.02 Å². The van der Waals surface area contributed by atoms with E-state index in [4.69, 9.17) is 16.3 Å². The lowest BCUT2D eigenvalue weighted by Crippen LogP contribution is -2.54. The van der Waals surface area contributed by atoms with E-state index < -0.39 is 42.2 Å². The Hall–Kier alpha value is -3.10. The third kappa shape index (κ3) is 7.23. The lowest BCUT2D eigenvalue weighted by Gasteiger charge is -2.34. The van der Waals surface area contributed by atoms with Crippen molar-refractivity contribution in [1.82, 2.24) is 10.2 Å². The zero-order chi connectivity index (χ0) is 27.5. The number of ether oxygens (including phenoxy) is 1. The van der Waals surface area contributed by atoms with E-state index in [-0.39, 0.29) is 6.04 Å². The lowest BCUT2D eigenvalue weighted by atomic mass is 9.98. The maximum atomic E-state index is 13.9. The molecule has 0 spiro atoms. The van der Waals surface area contributed by atoms with Gasteiger partial charge in [0.1, 0.15) is 17.7 Å². The Morgan fingerprint density at radius 2 is 1.76 bits per heavy atom. The van der Waals surface area contributed by atoms with E-state index in [0.29, 0.717) is 29.1 Å². The summed E-state index contributed by atoms with van der Waals surface area (Å²) in [6, 6.07) is 8.43. The summed E-state index contributed by atoms with van der Waals surface area (Å²) >= 11 is 6.38. The number of hydrogen-bond donors (Lipinski definition) is 3. The van der Waals surface area contributed by atoms with Gasteiger partial charge in [0.15, 0.2) is 0 Å². The molecule has 0 heterocycles. The number of anilines is 1. The zero-order valence-electron chi connectivity index (χ0n) is 22.2. The first-order chi connectivity index (χ1) is 17.3. The van der Waals surface area contributed by atoms with Crippen LogP contribution >= 0.6 is 11.6 Å². The van der Waals surface area contributed by atoms with Crippen LogP contribution in [0.25, 0.3) is 0 Å². The molecule has 200 valence electrons. The number of nitrogens with one attached hydrogen (secondary N) is 2. The van der Waals surface area contributed by atoms with E-state index in [2.05, 4.69) is 10.6 Å². The topological polar surface area (TPSA) is 108 Å². The number of aliphatic hydroxyl groups is 1. The number of halogens is 1. The smallest absolute Gasteiger partial charge is 0.408 e. The second kappa shape index (κ2) is 11.5. The Balaban J connectivity index is 2.01. The number of nitrogens with zero attached hydrogens (tertiary/aromatic N) is 1. The van der Waals surface area contributed by atoms with Crippen molar-refractivity contribution in [2.45, 2.75) is 78.1 Å². The Morgan fingerprint density at radius 1 is 1.08 bits per heavy atom. The number of aryl methyl sites for hydroxylation is 3. The Labute approximate surface area is 223 Å². The van der Waals surface area contributed by atoms with E-state index in [1.165, 1.54) is 4.90 Å². The highest BCUT2D eigenvalue weighted by Gasteiger charge is 2.44. The molecule has 0 bridgehead atoms. The number of carbonyl (C=O) groups excluding carboxylic acids is 3. The maximum absolute atomic E-state index is 13.9. The molecular formula is C28H36ClN3O5. The molecule has 2 unspecified atom stereocenters. The second-order valence-corrected chi connectivity index (χ2v) is 10.9. The summed E-state index contributed by atoms with van der Waals surface area (Å²) in [5.74, 6) is -1.00. The number of amides is 3. The van der Waals surface area contributed by atoms with Crippen molar-refractivity contribution in [3.63, 3.8) is 0 Å². The van der Waals surface area contributed by atoms with Gasteiger partial charge in [-0.1, -0.05) is 41.9 Å². The molecule has 0 aromatic heterocycles. The summed E-state index contributed by atoms with van der Waals surface area (Å²) in [7, 11) is 0. The van der Waals surface area contributed by atoms with Crippen LogP contribution in [0.5, 0.6) is 0 Å². The van der Waals surface area contributed by atoms with E-state index in [9.17, 15) is 19.5 Å². The summed E-state index contributed by atoms with van der Waals surface area (Å²) in [4.78, 5) is 41.6. The molecular weight excluding hydrogens is 494 g/mol. The summed E-state index contributed by atoms with van der Waals surface area (Å²) in [6.45, 7) is 10.2. The van der Waals surface area contributed by atoms with Gasteiger partial charge < -0.3 is 25.4 Å². The Kier molecular flexibility index (Phi) is 8.87. The van der Waals surface area contributed by atoms with Crippen LogP contribution in [-0.4, -0.2) is 52.2 Å². The molecule has 2 atom stereocenters. The molecule has 0 aliphatic heterocycles. The molecule has 3 N–H and O–H groups in total. The van der Waals surface area contributed by atoms with Crippen molar-refractivity contribution in [2.24, 2.45) is 0 Å². The molecule has 1 aliphatic carbocycles.